The molecule has 0 radical (unpaired) electrons. The summed E-state index contributed by atoms with van der Waals surface area (Å²) in [5.41, 5.74) is 2.73. The number of nitrogens with one attached hydrogen (secondary N) is 2. The highest BCUT2D eigenvalue weighted by atomic mass is 32.1. The van der Waals surface area contributed by atoms with Crippen molar-refractivity contribution in [3.8, 4) is 5.75 Å². The van der Waals surface area contributed by atoms with Gasteiger partial charge < -0.3 is 10.1 Å². The van der Waals surface area contributed by atoms with Crippen molar-refractivity contribution in [2.75, 3.05) is 5.32 Å². The van der Waals surface area contributed by atoms with Crippen molar-refractivity contribution in [1.82, 2.24) is 25.5 Å². The molecule has 1 heterocycles. The van der Waals surface area contributed by atoms with Crippen LogP contribution in [0.2, 0.25) is 0 Å². The predicted molar refractivity (Wildman–Crippen MR) is 124 cm³/mol. The van der Waals surface area contributed by atoms with Crippen molar-refractivity contribution >= 4 is 28.9 Å². The summed E-state index contributed by atoms with van der Waals surface area (Å²) in [6.07, 6.45) is 0. The third-order valence-electron chi connectivity index (χ3n) is 4.48. The quantitative estimate of drug-likeness (QED) is 0.422. The molecule has 0 aliphatic heterocycles. The van der Waals surface area contributed by atoms with E-state index in [4.69, 9.17) is 17.0 Å². The van der Waals surface area contributed by atoms with Crippen LogP contribution in [-0.4, -0.2) is 31.2 Å². The summed E-state index contributed by atoms with van der Waals surface area (Å²) in [6, 6.07) is 26.8. The lowest BCUT2D eigenvalue weighted by Gasteiger charge is -2.11. The van der Waals surface area contributed by atoms with Crippen LogP contribution in [0.3, 0.4) is 0 Å². The van der Waals surface area contributed by atoms with Gasteiger partial charge in [-0.2, -0.15) is 0 Å². The van der Waals surface area contributed by atoms with Crippen LogP contribution in [0.1, 0.15) is 21.7 Å². The summed E-state index contributed by atoms with van der Waals surface area (Å²) in [6.45, 7) is 0.827. The molecule has 0 spiro atoms. The van der Waals surface area contributed by atoms with E-state index in [9.17, 15) is 4.79 Å². The highest BCUT2D eigenvalue weighted by Crippen LogP contribution is 2.18. The maximum absolute atomic E-state index is 12.6. The fourth-order valence-corrected chi connectivity index (χ4v) is 3.17. The van der Waals surface area contributed by atoms with Crippen molar-refractivity contribution in [2.24, 2.45) is 0 Å². The lowest BCUT2D eigenvalue weighted by Crippen LogP contribution is -2.36. The average molecular weight is 445 g/mol. The van der Waals surface area contributed by atoms with E-state index in [1.807, 2.05) is 78.9 Å². The lowest BCUT2D eigenvalue weighted by molar-refractivity contribution is 0.0962. The molecule has 0 bridgehead atoms. The average Bonchev–Trinajstić information content (AvgIpc) is 3.27. The third-order valence-corrected chi connectivity index (χ3v) is 4.68. The van der Waals surface area contributed by atoms with E-state index in [2.05, 4.69) is 26.2 Å². The number of amides is 1. The van der Waals surface area contributed by atoms with E-state index >= 15 is 0 Å². The molecule has 0 saturated carbocycles. The minimum Gasteiger partial charge on any atom is -0.489 e. The summed E-state index contributed by atoms with van der Waals surface area (Å²) in [7, 11) is 0. The summed E-state index contributed by atoms with van der Waals surface area (Å²) in [4.78, 5) is 12.6. The molecular formula is C23H20N6O2S. The number of nitrogens with zero attached hydrogens (tertiary/aromatic N) is 4. The molecule has 9 heteroatoms. The zero-order valence-corrected chi connectivity index (χ0v) is 17.8. The second-order valence-corrected chi connectivity index (χ2v) is 7.26. The van der Waals surface area contributed by atoms with E-state index in [1.165, 1.54) is 4.68 Å². The first kappa shape index (κ1) is 21.1. The number of carbonyl (C=O) groups is 1. The number of thiocarbonyl (C=S) groups is 1. The number of tetrazole rings is 1. The standard InChI is InChI=1S/C23H20N6O2S/c30-22(21-26-27-28-29(21)15-17-8-3-1-4-9-17)25-23(32)24-19-12-7-13-20(14-19)31-16-18-10-5-2-6-11-18/h1-14H,15-16H2,(H2,24,25,30,32). The molecular weight excluding hydrogens is 424 g/mol. The van der Waals surface area contributed by atoms with Gasteiger partial charge in [-0.1, -0.05) is 66.7 Å². The zero-order valence-electron chi connectivity index (χ0n) is 17.0. The molecule has 0 aliphatic carbocycles. The van der Waals surface area contributed by atoms with E-state index in [1.54, 1.807) is 6.07 Å². The fraction of sp³-hybridized carbons (Fsp3) is 0.0870. The van der Waals surface area contributed by atoms with Crippen LogP contribution in [0, 0.1) is 0 Å². The molecule has 160 valence electrons. The van der Waals surface area contributed by atoms with E-state index in [-0.39, 0.29) is 10.9 Å². The number of aromatic nitrogens is 4. The molecule has 2 N–H and O–H groups in total. The molecule has 1 aromatic heterocycles. The van der Waals surface area contributed by atoms with Crippen LogP contribution in [0.5, 0.6) is 5.75 Å². The number of benzene rings is 3. The largest absolute Gasteiger partial charge is 0.489 e. The van der Waals surface area contributed by atoms with E-state index in [0.717, 1.165) is 11.1 Å². The van der Waals surface area contributed by atoms with Crippen molar-refractivity contribution in [3.05, 3.63) is 102 Å². The van der Waals surface area contributed by atoms with Crippen LogP contribution in [-0.2, 0) is 13.2 Å². The molecule has 0 saturated heterocycles. The van der Waals surface area contributed by atoms with Gasteiger partial charge in [0.15, 0.2) is 5.11 Å². The third kappa shape index (κ3) is 5.73. The van der Waals surface area contributed by atoms with Crippen LogP contribution in [0.15, 0.2) is 84.9 Å². The minimum atomic E-state index is -0.500. The molecule has 32 heavy (non-hydrogen) atoms. The normalized spacial score (nSPS) is 10.4. The maximum Gasteiger partial charge on any atom is 0.296 e. The van der Waals surface area contributed by atoms with E-state index < -0.39 is 5.91 Å². The Balaban J connectivity index is 1.34. The van der Waals surface area contributed by atoms with Crippen molar-refractivity contribution < 1.29 is 9.53 Å². The topological polar surface area (TPSA) is 94.0 Å². The molecule has 4 rings (SSSR count). The number of rotatable bonds is 7. The van der Waals surface area contributed by atoms with Crippen LogP contribution < -0.4 is 15.4 Å². The second-order valence-electron chi connectivity index (χ2n) is 6.86. The number of hydrogen-bond donors (Lipinski definition) is 2. The first-order valence-corrected chi connectivity index (χ1v) is 10.3. The monoisotopic (exact) mass is 444 g/mol. The van der Waals surface area contributed by atoms with Gasteiger partial charge in [-0.25, -0.2) is 4.68 Å². The highest BCUT2D eigenvalue weighted by molar-refractivity contribution is 7.80. The molecule has 0 atom stereocenters. The molecule has 0 fully saturated rings. The van der Waals surface area contributed by atoms with Gasteiger partial charge in [0, 0.05) is 11.8 Å². The molecule has 0 aliphatic rings. The Bertz CT molecular complexity index is 1200. The van der Waals surface area contributed by atoms with Crippen LogP contribution in [0.4, 0.5) is 5.69 Å². The summed E-state index contributed by atoms with van der Waals surface area (Å²) in [5, 5.41) is 17.1. The Hall–Kier alpha value is -4.11. The summed E-state index contributed by atoms with van der Waals surface area (Å²) < 4.78 is 7.25. The van der Waals surface area contributed by atoms with Gasteiger partial charge in [0.2, 0.25) is 5.82 Å². The first-order chi connectivity index (χ1) is 15.7. The summed E-state index contributed by atoms with van der Waals surface area (Å²) in [5.74, 6) is 0.248. The number of carbonyl (C=O) groups excluding carboxylic acids is 1. The van der Waals surface area contributed by atoms with Gasteiger partial charge in [-0.05, 0) is 45.9 Å². The van der Waals surface area contributed by atoms with Crippen molar-refractivity contribution in [1.29, 1.82) is 0 Å². The first-order valence-electron chi connectivity index (χ1n) is 9.86. The van der Waals surface area contributed by atoms with Gasteiger partial charge in [0.05, 0.1) is 6.54 Å². The Morgan fingerprint density at radius 3 is 2.41 bits per heavy atom. The molecule has 4 aromatic rings. The highest BCUT2D eigenvalue weighted by Gasteiger charge is 2.17. The number of hydrogen-bond acceptors (Lipinski definition) is 6. The number of anilines is 1. The Labute approximate surface area is 190 Å². The Kier molecular flexibility index (Phi) is 6.78. The predicted octanol–water partition coefficient (Wildman–Crippen LogP) is 3.43. The Morgan fingerprint density at radius 1 is 0.938 bits per heavy atom. The SMILES string of the molecule is O=C(NC(=S)Nc1cccc(OCc2ccccc2)c1)c1nnnn1Cc1ccccc1. The smallest absolute Gasteiger partial charge is 0.296 e. The summed E-state index contributed by atoms with van der Waals surface area (Å²) >= 11 is 5.28. The van der Waals surface area contributed by atoms with Gasteiger partial charge in [-0.15, -0.1) is 5.10 Å². The van der Waals surface area contributed by atoms with Gasteiger partial charge in [0.25, 0.3) is 5.91 Å². The molecule has 3 aromatic carbocycles. The maximum atomic E-state index is 12.6. The van der Waals surface area contributed by atoms with Crippen LogP contribution >= 0.6 is 12.2 Å². The molecule has 1 amide bonds. The Morgan fingerprint density at radius 2 is 1.66 bits per heavy atom. The van der Waals surface area contributed by atoms with Gasteiger partial charge in [0.1, 0.15) is 12.4 Å². The lowest BCUT2D eigenvalue weighted by atomic mass is 10.2. The van der Waals surface area contributed by atoms with Crippen molar-refractivity contribution in [2.45, 2.75) is 13.2 Å². The second kappa shape index (κ2) is 10.3. The number of ether oxygens (including phenoxy) is 1. The van der Waals surface area contributed by atoms with E-state index in [0.29, 0.717) is 24.6 Å². The van der Waals surface area contributed by atoms with Crippen LogP contribution in [0.25, 0.3) is 0 Å². The fourth-order valence-electron chi connectivity index (χ4n) is 2.96. The minimum absolute atomic E-state index is 0.0675. The van der Waals surface area contributed by atoms with Gasteiger partial charge in [-0.3, -0.25) is 10.1 Å². The zero-order chi connectivity index (χ0) is 22.2. The molecule has 0 unspecified atom stereocenters. The molecule has 8 nitrogen and oxygen atoms in total. The van der Waals surface area contributed by atoms with Crippen molar-refractivity contribution in [3.63, 3.8) is 0 Å². The van der Waals surface area contributed by atoms with Gasteiger partial charge >= 0.3 is 0 Å².